The normalized spacial score (nSPS) is 12.4. The van der Waals surface area contributed by atoms with Crippen molar-refractivity contribution in [2.45, 2.75) is 13.8 Å². The standard InChI is InChI=1S/C19H19ClN2O5/c1-19(2,17(23)21-11-4-6-14(25-3)13(20)8-11)18(24)22-12-5-7-15-16(9-12)27-10-26-15/h4-9H,10H2,1-3H3,(H,21,23)(H,22,24). The van der Waals surface area contributed by atoms with Gasteiger partial charge in [-0.3, -0.25) is 9.59 Å². The minimum absolute atomic E-state index is 0.144. The topological polar surface area (TPSA) is 85.9 Å². The summed E-state index contributed by atoms with van der Waals surface area (Å²) in [6.45, 7) is 3.22. The quantitative estimate of drug-likeness (QED) is 0.760. The average molecular weight is 391 g/mol. The van der Waals surface area contributed by atoms with Crippen LogP contribution in [0.2, 0.25) is 5.02 Å². The van der Waals surface area contributed by atoms with Crippen LogP contribution in [0.15, 0.2) is 36.4 Å². The van der Waals surface area contributed by atoms with Gasteiger partial charge in [-0.25, -0.2) is 0 Å². The number of methoxy groups -OCH3 is 1. The lowest BCUT2D eigenvalue weighted by molar-refractivity contribution is -0.135. The van der Waals surface area contributed by atoms with Crippen LogP contribution in [-0.4, -0.2) is 25.7 Å². The second kappa shape index (κ2) is 7.36. The Morgan fingerprint density at radius 2 is 1.59 bits per heavy atom. The summed E-state index contributed by atoms with van der Waals surface area (Å²) in [6.07, 6.45) is 0. The van der Waals surface area contributed by atoms with Gasteiger partial charge in [0.2, 0.25) is 18.6 Å². The number of rotatable bonds is 5. The fourth-order valence-corrected chi connectivity index (χ4v) is 2.65. The molecule has 0 spiro atoms. The second-order valence-electron chi connectivity index (χ2n) is 6.45. The lowest BCUT2D eigenvalue weighted by Gasteiger charge is -2.23. The number of ether oxygens (including phenoxy) is 3. The number of anilines is 2. The number of hydrogen-bond donors (Lipinski definition) is 2. The molecule has 1 heterocycles. The van der Waals surface area contributed by atoms with Gasteiger partial charge in [0, 0.05) is 17.4 Å². The first-order valence-corrected chi connectivity index (χ1v) is 8.55. The number of benzene rings is 2. The molecule has 0 bridgehead atoms. The van der Waals surface area contributed by atoms with Gasteiger partial charge >= 0.3 is 0 Å². The summed E-state index contributed by atoms with van der Waals surface area (Å²) in [5.41, 5.74) is -0.352. The predicted molar refractivity (Wildman–Crippen MR) is 102 cm³/mol. The van der Waals surface area contributed by atoms with Crippen molar-refractivity contribution in [2.75, 3.05) is 24.5 Å². The van der Waals surface area contributed by atoms with Gasteiger partial charge in [0.25, 0.3) is 0 Å². The molecule has 0 saturated carbocycles. The molecule has 0 atom stereocenters. The Hall–Kier alpha value is -2.93. The first-order chi connectivity index (χ1) is 12.8. The average Bonchev–Trinajstić information content (AvgIpc) is 3.09. The largest absolute Gasteiger partial charge is 0.495 e. The summed E-state index contributed by atoms with van der Waals surface area (Å²) in [5.74, 6) is 0.722. The van der Waals surface area contributed by atoms with Crippen molar-refractivity contribution in [1.29, 1.82) is 0 Å². The first-order valence-electron chi connectivity index (χ1n) is 8.17. The molecule has 0 unspecified atom stereocenters. The van der Waals surface area contributed by atoms with E-state index in [1.165, 1.54) is 21.0 Å². The van der Waals surface area contributed by atoms with Crippen molar-refractivity contribution < 1.29 is 23.8 Å². The molecule has 2 amide bonds. The molecular weight excluding hydrogens is 372 g/mol. The summed E-state index contributed by atoms with van der Waals surface area (Å²) >= 11 is 6.07. The Kier molecular flexibility index (Phi) is 5.14. The molecule has 2 N–H and O–H groups in total. The summed E-state index contributed by atoms with van der Waals surface area (Å²) in [7, 11) is 1.50. The number of hydrogen-bond acceptors (Lipinski definition) is 5. The molecule has 0 aliphatic carbocycles. The third-order valence-corrected chi connectivity index (χ3v) is 4.47. The number of carbonyl (C=O) groups is 2. The Morgan fingerprint density at radius 3 is 2.22 bits per heavy atom. The molecule has 1 aliphatic rings. The third-order valence-electron chi connectivity index (χ3n) is 4.18. The molecule has 2 aromatic carbocycles. The smallest absolute Gasteiger partial charge is 0.239 e. The van der Waals surface area contributed by atoms with E-state index in [1.54, 1.807) is 36.4 Å². The van der Waals surface area contributed by atoms with Gasteiger partial charge in [-0.15, -0.1) is 0 Å². The van der Waals surface area contributed by atoms with Crippen LogP contribution < -0.4 is 24.8 Å². The van der Waals surface area contributed by atoms with Gasteiger partial charge in [0.15, 0.2) is 11.5 Å². The van der Waals surface area contributed by atoms with Crippen LogP contribution in [0.25, 0.3) is 0 Å². The molecule has 142 valence electrons. The van der Waals surface area contributed by atoms with Crippen molar-refractivity contribution >= 4 is 34.8 Å². The van der Waals surface area contributed by atoms with Crippen LogP contribution >= 0.6 is 11.6 Å². The molecule has 0 fully saturated rings. The van der Waals surface area contributed by atoms with E-state index in [1.807, 2.05) is 0 Å². The van der Waals surface area contributed by atoms with E-state index < -0.39 is 17.2 Å². The third kappa shape index (κ3) is 3.93. The van der Waals surface area contributed by atoms with Crippen LogP contribution in [0.4, 0.5) is 11.4 Å². The Bertz CT molecular complexity index is 898. The van der Waals surface area contributed by atoms with Gasteiger partial charge in [-0.1, -0.05) is 11.6 Å². The molecule has 0 aromatic heterocycles. The van der Waals surface area contributed by atoms with Crippen molar-refractivity contribution in [3.8, 4) is 17.2 Å². The summed E-state index contributed by atoms with van der Waals surface area (Å²) in [5, 5.41) is 5.78. The monoisotopic (exact) mass is 390 g/mol. The maximum atomic E-state index is 12.6. The first kappa shape index (κ1) is 18.8. The van der Waals surface area contributed by atoms with Crippen LogP contribution in [0.1, 0.15) is 13.8 Å². The highest BCUT2D eigenvalue weighted by Gasteiger charge is 2.36. The highest BCUT2D eigenvalue weighted by molar-refractivity contribution is 6.32. The van der Waals surface area contributed by atoms with Gasteiger partial charge in [0.05, 0.1) is 12.1 Å². The number of fused-ring (bicyclic) bond motifs is 1. The number of carbonyl (C=O) groups excluding carboxylic acids is 2. The predicted octanol–water partition coefficient (Wildman–Crippen LogP) is 3.68. The molecule has 1 aliphatic heterocycles. The lowest BCUT2D eigenvalue weighted by atomic mass is 9.90. The van der Waals surface area contributed by atoms with Gasteiger partial charge in [-0.2, -0.15) is 0 Å². The van der Waals surface area contributed by atoms with E-state index in [0.29, 0.717) is 33.6 Å². The SMILES string of the molecule is COc1ccc(NC(=O)C(C)(C)C(=O)Nc2ccc3c(c2)OCO3)cc1Cl. The maximum Gasteiger partial charge on any atom is 0.239 e. The van der Waals surface area contributed by atoms with Crippen LogP contribution in [0.3, 0.4) is 0 Å². The maximum absolute atomic E-state index is 12.6. The molecule has 2 aromatic rings. The van der Waals surface area contributed by atoms with Gasteiger partial charge in [-0.05, 0) is 44.2 Å². The van der Waals surface area contributed by atoms with Gasteiger partial charge < -0.3 is 24.8 Å². The van der Waals surface area contributed by atoms with Crippen LogP contribution in [0, 0.1) is 5.41 Å². The molecule has 7 nitrogen and oxygen atoms in total. The lowest BCUT2D eigenvalue weighted by Crippen LogP contribution is -2.41. The highest BCUT2D eigenvalue weighted by atomic mass is 35.5. The van der Waals surface area contributed by atoms with Gasteiger partial charge in [0.1, 0.15) is 11.2 Å². The van der Waals surface area contributed by atoms with Crippen molar-refractivity contribution in [3.05, 3.63) is 41.4 Å². The molecule has 0 radical (unpaired) electrons. The molecule has 27 heavy (non-hydrogen) atoms. The Labute approximate surface area is 161 Å². The molecular formula is C19H19ClN2O5. The number of nitrogens with one attached hydrogen (secondary N) is 2. The molecule has 8 heteroatoms. The fraction of sp³-hybridized carbons (Fsp3) is 0.263. The second-order valence-corrected chi connectivity index (χ2v) is 6.86. The Morgan fingerprint density at radius 1 is 1.00 bits per heavy atom. The Balaban J connectivity index is 1.69. The van der Waals surface area contributed by atoms with Crippen LogP contribution in [-0.2, 0) is 9.59 Å². The van der Waals surface area contributed by atoms with E-state index in [-0.39, 0.29) is 6.79 Å². The van der Waals surface area contributed by atoms with Crippen molar-refractivity contribution in [3.63, 3.8) is 0 Å². The summed E-state index contributed by atoms with van der Waals surface area (Å²) in [4.78, 5) is 25.3. The summed E-state index contributed by atoms with van der Waals surface area (Å²) in [6, 6.07) is 9.88. The highest BCUT2D eigenvalue weighted by Crippen LogP contribution is 2.35. The zero-order chi connectivity index (χ0) is 19.6. The zero-order valence-corrected chi connectivity index (χ0v) is 15.8. The van der Waals surface area contributed by atoms with E-state index in [0.717, 1.165) is 0 Å². The van der Waals surface area contributed by atoms with Crippen molar-refractivity contribution in [2.24, 2.45) is 5.41 Å². The van der Waals surface area contributed by atoms with E-state index in [2.05, 4.69) is 10.6 Å². The van der Waals surface area contributed by atoms with E-state index >= 15 is 0 Å². The minimum atomic E-state index is -1.33. The summed E-state index contributed by atoms with van der Waals surface area (Å²) < 4.78 is 15.6. The fourth-order valence-electron chi connectivity index (χ4n) is 2.40. The molecule has 0 saturated heterocycles. The number of amides is 2. The van der Waals surface area contributed by atoms with Crippen molar-refractivity contribution in [1.82, 2.24) is 0 Å². The number of halogens is 1. The zero-order valence-electron chi connectivity index (χ0n) is 15.1. The molecule has 3 rings (SSSR count). The van der Waals surface area contributed by atoms with E-state index in [9.17, 15) is 9.59 Å². The van der Waals surface area contributed by atoms with Crippen LogP contribution in [0.5, 0.6) is 17.2 Å². The van der Waals surface area contributed by atoms with E-state index in [4.69, 9.17) is 25.8 Å². The minimum Gasteiger partial charge on any atom is -0.495 e.